The van der Waals surface area contributed by atoms with Gasteiger partial charge in [-0.25, -0.2) is 4.98 Å². The number of benzene rings is 1. The molecule has 0 amide bonds. The number of nitrogens with one attached hydrogen (secondary N) is 1. The number of anilines is 1. The predicted molar refractivity (Wildman–Crippen MR) is 96.4 cm³/mol. The molecule has 1 N–H and O–H groups in total. The molecule has 0 atom stereocenters. The quantitative estimate of drug-likeness (QED) is 0.359. The Kier molecular flexibility index (Phi) is 5.18. The highest BCUT2D eigenvalue weighted by Gasteiger charge is 2.21. The molecule has 0 spiro atoms. The van der Waals surface area contributed by atoms with E-state index in [9.17, 15) is 14.9 Å². The van der Waals surface area contributed by atoms with Crippen LogP contribution in [0.1, 0.15) is 16.2 Å². The minimum absolute atomic E-state index is 0.0920. The van der Waals surface area contributed by atoms with Crippen molar-refractivity contribution in [3.63, 3.8) is 0 Å². The molecular weight excluding hydrogens is 324 g/mol. The average molecular weight is 346 g/mol. The topological polar surface area (TPSA) is 90.1 Å². The molecule has 0 unspecified atom stereocenters. The zero-order chi connectivity index (χ0) is 17.9. The number of aryl methyl sites for hydroxylation is 1. The standard InChI is InChI=1S/C16H22N4O3Si/c1-19-9-7-18-16(19)15(21)12-5-6-13(14(11-12)20(22)23)17-8-10-24(2,3)4/h5-7,9,11,17H,8,10H2,1-4H3. The van der Waals surface area contributed by atoms with Crippen molar-refractivity contribution in [3.8, 4) is 0 Å². The molecular formula is C16H22N4O3Si. The van der Waals surface area contributed by atoms with Gasteiger partial charge >= 0.3 is 0 Å². The maximum atomic E-state index is 12.4. The van der Waals surface area contributed by atoms with Gasteiger partial charge in [-0.1, -0.05) is 19.6 Å². The van der Waals surface area contributed by atoms with Crippen molar-refractivity contribution in [1.29, 1.82) is 0 Å². The smallest absolute Gasteiger partial charge is 0.293 e. The van der Waals surface area contributed by atoms with Gasteiger partial charge in [0, 0.05) is 45.7 Å². The highest BCUT2D eigenvalue weighted by Crippen LogP contribution is 2.27. The fourth-order valence-corrected chi connectivity index (χ4v) is 3.13. The Morgan fingerprint density at radius 1 is 1.38 bits per heavy atom. The summed E-state index contributed by atoms with van der Waals surface area (Å²) in [6.45, 7) is 7.43. The van der Waals surface area contributed by atoms with E-state index >= 15 is 0 Å². The molecule has 0 aliphatic heterocycles. The molecule has 1 aromatic carbocycles. The lowest BCUT2D eigenvalue weighted by Gasteiger charge is -2.16. The van der Waals surface area contributed by atoms with Crippen LogP contribution in [0.2, 0.25) is 25.7 Å². The lowest BCUT2D eigenvalue weighted by atomic mass is 10.1. The Morgan fingerprint density at radius 2 is 2.08 bits per heavy atom. The number of hydrogen-bond donors (Lipinski definition) is 1. The fraction of sp³-hybridized carbons (Fsp3) is 0.375. The van der Waals surface area contributed by atoms with Crippen LogP contribution >= 0.6 is 0 Å². The van der Waals surface area contributed by atoms with Gasteiger partial charge in [-0.15, -0.1) is 0 Å². The number of nitro groups is 1. The normalized spacial score (nSPS) is 11.3. The second-order valence-corrected chi connectivity index (χ2v) is 12.5. The summed E-state index contributed by atoms with van der Waals surface area (Å²) < 4.78 is 1.59. The van der Waals surface area contributed by atoms with Crippen LogP contribution in [0, 0.1) is 10.1 Å². The molecule has 7 nitrogen and oxygen atoms in total. The van der Waals surface area contributed by atoms with E-state index in [1.807, 2.05) is 0 Å². The van der Waals surface area contributed by atoms with Crippen LogP contribution in [0.25, 0.3) is 0 Å². The summed E-state index contributed by atoms with van der Waals surface area (Å²) in [5.41, 5.74) is 0.604. The molecule has 0 radical (unpaired) electrons. The van der Waals surface area contributed by atoms with E-state index in [1.165, 1.54) is 12.3 Å². The van der Waals surface area contributed by atoms with E-state index < -0.39 is 13.0 Å². The van der Waals surface area contributed by atoms with Crippen molar-refractivity contribution in [2.75, 3.05) is 11.9 Å². The molecule has 0 bridgehead atoms. The first-order chi connectivity index (χ1) is 11.2. The molecule has 128 valence electrons. The van der Waals surface area contributed by atoms with Crippen LogP contribution in [0.3, 0.4) is 0 Å². The summed E-state index contributed by atoms with van der Waals surface area (Å²) in [5, 5.41) is 14.5. The Hall–Kier alpha value is -2.48. The number of imidazole rings is 1. The summed E-state index contributed by atoms with van der Waals surface area (Å²) >= 11 is 0. The highest BCUT2D eigenvalue weighted by atomic mass is 28.3. The zero-order valence-electron chi connectivity index (χ0n) is 14.4. The van der Waals surface area contributed by atoms with Gasteiger partial charge in [0.2, 0.25) is 5.78 Å². The lowest BCUT2D eigenvalue weighted by molar-refractivity contribution is -0.384. The van der Waals surface area contributed by atoms with Crippen LogP contribution < -0.4 is 5.32 Å². The third-order valence-electron chi connectivity index (χ3n) is 3.67. The molecule has 0 aliphatic carbocycles. The highest BCUT2D eigenvalue weighted by molar-refractivity contribution is 6.76. The molecule has 0 aliphatic rings. The van der Waals surface area contributed by atoms with Crippen LogP contribution in [0.5, 0.6) is 0 Å². The summed E-state index contributed by atoms with van der Waals surface area (Å²) in [5.74, 6) is -0.0806. The van der Waals surface area contributed by atoms with Gasteiger partial charge in [0.25, 0.3) is 5.69 Å². The molecule has 0 saturated heterocycles. The van der Waals surface area contributed by atoms with Crippen LogP contribution in [-0.2, 0) is 7.05 Å². The number of nitrogens with zero attached hydrogens (tertiary/aromatic N) is 3. The Labute approximate surface area is 141 Å². The molecule has 8 heteroatoms. The first-order valence-corrected chi connectivity index (χ1v) is 11.4. The van der Waals surface area contributed by atoms with Crippen LogP contribution in [0.15, 0.2) is 30.6 Å². The first kappa shape index (κ1) is 17.9. The van der Waals surface area contributed by atoms with E-state index in [1.54, 1.807) is 29.9 Å². The summed E-state index contributed by atoms with van der Waals surface area (Å²) in [6.07, 6.45) is 3.18. The molecule has 0 fully saturated rings. The van der Waals surface area contributed by atoms with Gasteiger partial charge in [-0.05, 0) is 18.2 Å². The maximum absolute atomic E-state index is 12.4. The second kappa shape index (κ2) is 6.96. The van der Waals surface area contributed by atoms with Gasteiger partial charge in [0.05, 0.1) is 4.92 Å². The zero-order valence-corrected chi connectivity index (χ0v) is 15.4. The average Bonchev–Trinajstić information content (AvgIpc) is 2.91. The van der Waals surface area contributed by atoms with E-state index in [0.717, 1.165) is 6.04 Å². The van der Waals surface area contributed by atoms with Crippen molar-refractivity contribution in [3.05, 3.63) is 52.1 Å². The Morgan fingerprint density at radius 3 is 2.62 bits per heavy atom. The van der Waals surface area contributed by atoms with E-state index in [2.05, 4.69) is 29.9 Å². The summed E-state index contributed by atoms with van der Waals surface area (Å²) in [4.78, 5) is 27.3. The van der Waals surface area contributed by atoms with E-state index in [0.29, 0.717) is 12.2 Å². The predicted octanol–water partition coefficient (Wildman–Crippen LogP) is 3.31. The van der Waals surface area contributed by atoms with Gasteiger partial charge in [-0.3, -0.25) is 14.9 Å². The Bertz CT molecular complexity index is 765. The van der Waals surface area contributed by atoms with Crippen molar-refractivity contribution in [2.24, 2.45) is 7.05 Å². The first-order valence-electron chi connectivity index (χ1n) is 7.73. The third-order valence-corrected chi connectivity index (χ3v) is 5.42. The van der Waals surface area contributed by atoms with Crippen LogP contribution in [-0.4, -0.2) is 34.9 Å². The number of nitro benzene ring substituents is 1. The van der Waals surface area contributed by atoms with Crippen molar-refractivity contribution in [2.45, 2.75) is 25.7 Å². The molecule has 2 aromatic rings. The molecule has 24 heavy (non-hydrogen) atoms. The van der Waals surface area contributed by atoms with Gasteiger partial charge in [-0.2, -0.15) is 0 Å². The number of aromatic nitrogens is 2. The summed E-state index contributed by atoms with van der Waals surface area (Å²) in [6, 6.07) is 5.52. The molecule has 2 rings (SSSR count). The second-order valence-electron chi connectivity index (χ2n) is 6.92. The minimum Gasteiger partial charge on any atom is -0.380 e. The molecule has 1 heterocycles. The number of hydrogen-bond acceptors (Lipinski definition) is 5. The van der Waals surface area contributed by atoms with E-state index in [-0.39, 0.29) is 22.9 Å². The largest absolute Gasteiger partial charge is 0.380 e. The van der Waals surface area contributed by atoms with Crippen LogP contribution in [0.4, 0.5) is 11.4 Å². The fourth-order valence-electron chi connectivity index (χ4n) is 2.26. The Balaban J connectivity index is 2.25. The number of carbonyl (C=O) groups is 1. The van der Waals surface area contributed by atoms with Crippen molar-refractivity contribution in [1.82, 2.24) is 9.55 Å². The number of carbonyl (C=O) groups excluding carboxylic acids is 1. The van der Waals surface area contributed by atoms with Crippen molar-refractivity contribution >= 4 is 25.2 Å². The van der Waals surface area contributed by atoms with Gasteiger partial charge in [0.15, 0.2) is 5.82 Å². The maximum Gasteiger partial charge on any atom is 0.293 e. The lowest BCUT2D eigenvalue weighted by Crippen LogP contribution is -2.23. The van der Waals surface area contributed by atoms with Gasteiger partial charge < -0.3 is 9.88 Å². The third kappa shape index (κ3) is 4.29. The van der Waals surface area contributed by atoms with Crippen molar-refractivity contribution < 1.29 is 9.72 Å². The minimum atomic E-state index is -1.22. The summed E-state index contributed by atoms with van der Waals surface area (Å²) in [7, 11) is 0.485. The number of ketones is 1. The molecule has 0 saturated carbocycles. The van der Waals surface area contributed by atoms with E-state index in [4.69, 9.17) is 0 Å². The van der Waals surface area contributed by atoms with Gasteiger partial charge in [0.1, 0.15) is 5.69 Å². The SMILES string of the molecule is Cn1ccnc1C(=O)c1ccc(NCC[Si](C)(C)C)c([N+](=O)[O-])c1. The molecule has 1 aromatic heterocycles. The monoisotopic (exact) mass is 346 g/mol. The number of rotatable bonds is 7.